The zero-order chi connectivity index (χ0) is 43.6. The number of hydrogen-bond acceptors (Lipinski definition) is 2. The molecule has 13 aromatic rings. The molecule has 0 amide bonds. The first kappa shape index (κ1) is 37.7. The first-order valence-electron chi connectivity index (χ1n) is 22.5. The Labute approximate surface area is 382 Å². The summed E-state index contributed by atoms with van der Waals surface area (Å²) in [4.78, 5) is 10.4. The molecule has 0 saturated heterocycles. The molecule has 4 nitrogen and oxygen atoms in total. The monoisotopic (exact) mass is 840 g/mol. The second-order valence-electron chi connectivity index (χ2n) is 17.0. The zero-order valence-electron chi connectivity index (χ0n) is 35.9. The van der Waals surface area contributed by atoms with Gasteiger partial charge < -0.3 is 9.13 Å². The van der Waals surface area contributed by atoms with Crippen molar-refractivity contribution < 1.29 is 0 Å². The van der Waals surface area contributed by atoms with Crippen LogP contribution in [0.15, 0.2) is 243 Å². The SMILES string of the molecule is c1ccc(-c2nc(-c3ccc(-c4cc(-n5c6ccccc6c6ccccc65)cc(-n5c6ccccc6c6ccccc65)c4)cc3)cc(-c3ccc(-c4cccc5ccccc45)cc3)n2)cc1. The summed E-state index contributed by atoms with van der Waals surface area (Å²) < 4.78 is 4.84. The number of fused-ring (bicyclic) bond motifs is 7. The van der Waals surface area contributed by atoms with Gasteiger partial charge in [0.25, 0.3) is 0 Å². The molecule has 0 aliphatic rings. The molecule has 66 heavy (non-hydrogen) atoms. The van der Waals surface area contributed by atoms with Crippen LogP contribution >= 0.6 is 0 Å². The summed E-state index contributed by atoms with van der Waals surface area (Å²) >= 11 is 0. The maximum absolute atomic E-state index is 5.19. The van der Waals surface area contributed by atoms with Crippen LogP contribution in [0.5, 0.6) is 0 Å². The van der Waals surface area contributed by atoms with Gasteiger partial charge in [-0.1, -0.05) is 194 Å². The van der Waals surface area contributed by atoms with Crippen LogP contribution in [-0.4, -0.2) is 19.1 Å². The third-order valence-electron chi connectivity index (χ3n) is 13.1. The van der Waals surface area contributed by atoms with Gasteiger partial charge in [0, 0.05) is 49.6 Å². The zero-order valence-corrected chi connectivity index (χ0v) is 35.9. The summed E-state index contributed by atoms with van der Waals surface area (Å²) in [6.45, 7) is 0. The molecular formula is C62H40N4. The van der Waals surface area contributed by atoms with Gasteiger partial charge in [0.2, 0.25) is 0 Å². The predicted molar refractivity (Wildman–Crippen MR) is 275 cm³/mol. The molecule has 0 fully saturated rings. The molecule has 0 unspecified atom stereocenters. The van der Waals surface area contributed by atoms with Crippen LogP contribution in [0.25, 0.3) is 122 Å². The molecule has 3 aromatic heterocycles. The van der Waals surface area contributed by atoms with E-state index in [0.29, 0.717) is 5.82 Å². The second-order valence-corrected chi connectivity index (χ2v) is 17.0. The summed E-state index contributed by atoms with van der Waals surface area (Å²) in [6, 6.07) is 87.0. The quantitative estimate of drug-likeness (QED) is 0.160. The van der Waals surface area contributed by atoms with Crippen molar-refractivity contribution in [3.63, 3.8) is 0 Å². The van der Waals surface area contributed by atoms with Crippen LogP contribution in [0, 0.1) is 0 Å². The van der Waals surface area contributed by atoms with Crippen LogP contribution in [0.3, 0.4) is 0 Å². The highest BCUT2D eigenvalue weighted by atomic mass is 15.0. The maximum Gasteiger partial charge on any atom is 0.160 e. The van der Waals surface area contributed by atoms with Crippen LogP contribution in [-0.2, 0) is 0 Å². The molecule has 0 atom stereocenters. The molecule has 0 bridgehead atoms. The van der Waals surface area contributed by atoms with E-state index in [-0.39, 0.29) is 0 Å². The van der Waals surface area contributed by atoms with Crippen molar-refractivity contribution in [1.29, 1.82) is 0 Å². The van der Waals surface area contributed by atoms with Crippen LogP contribution < -0.4 is 0 Å². The first-order valence-corrected chi connectivity index (χ1v) is 22.5. The lowest BCUT2D eigenvalue weighted by Gasteiger charge is -2.16. The smallest absolute Gasteiger partial charge is 0.160 e. The molecule has 13 rings (SSSR count). The Morgan fingerprint density at radius 3 is 1.18 bits per heavy atom. The Bertz CT molecular complexity index is 3730. The fourth-order valence-electron chi connectivity index (χ4n) is 10.0. The number of aromatic nitrogens is 4. The fraction of sp³-hybridized carbons (Fsp3) is 0. The van der Waals surface area contributed by atoms with Gasteiger partial charge in [-0.25, -0.2) is 9.97 Å². The Morgan fingerprint density at radius 1 is 0.258 bits per heavy atom. The molecule has 0 aliphatic heterocycles. The van der Waals surface area contributed by atoms with E-state index in [1.165, 1.54) is 65.5 Å². The molecule has 4 heteroatoms. The normalized spacial score (nSPS) is 11.6. The number of benzene rings is 10. The Morgan fingerprint density at radius 2 is 0.667 bits per heavy atom. The van der Waals surface area contributed by atoms with Crippen LogP contribution in [0.4, 0.5) is 0 Å². The summed E-state index contributed by atoms with van der Waals surface area (Å²) in [5.41, 5.74) is 16.3. The molecule has 0 N–H and O–H groups in total. The largest absolute Gasteiger partial charge is 0.309 e. The highest BCUT2D eigenvalue weighted by molar-refractivity contribution is 6.11. The van der Waals surface area contributed by atoms with Gasteiger partial charge in [0.05, 0.1) is 33.5 Å². The Hall–Kier alpha value is -8.86. The molecule has 0 saturated carbocycles. The average molecular weight is 841 g/mol. The van der Waals surface area contributed by atoms with Crippen molar-refractivity contribution in [3.8, 4) is 67.5 Å². The van der Waals surface area contributed by atoms with Crippen molar-refractivity contribution in [2.75, 3.05) is 0 Å². The van der Waals surface area contributed by atoms with E-state index in [1.807, 2.05) is 18.2 Å². The second kappa shape index (κ2) is 15.4. The topological polar surface area (TPSA) is 35.6 Å². The molecular weight excluding hydrogens is 801 g/mol. The summed E-state index contributed by atoms with van der Waals surface area (Å²) in [5.74, 6) is 0.694. The van der Waals surface area contributed by atoms with Gasteiger partial charge in [0.15, 0.2) is 5.82 Å². The number of nitrogens with zero attached hydrogens (tertiary/aromatic N) is 4. The summed E-state index contributed by atoms with van der Waals surface area (Å²) in [6.07, 6.45) is 0. The Balaban J connectivity index is 0.949. The maximum atomic E-state index is 5.19. The molecule has 308 valence electrons. The van der Waals surface area contributed by atoms with Crippen molar-refractivity contribution in [3.05, 3.63) is 243 Å². The van der Waals surface area contributed by atoms with Crippen molar-refractivity contribution in [2.45, 2.75) is 0 Å². The van der Waals surface area contributed by atoms with Crippen LogP contribution in [0.1, 0.15) is 0 Å². The lowest BCUT2D eigenvalue weighted by molar-refractivity contribution is 1.13. The minimum atomic E-state index is 0.694. The van der Waals surface area contributed by atoms with Gasteiger partial charge in [-0.2, -0.15) is 0 Å². The molecule has 3 heterocycles. The molecule has 0 radical (unpaired) electrons. The van der Waals surface area contributed by atoms with E-state index in [2.05, 4.69) is 234 Å². The lowest BCUT2D eigenvalue weighted by Crippen LogP contribution is -2.00. The highest BCUT2D eigenvalue weighted by Gasteiger charge is 2.18. The van der Waals surface area contributed by atoms with E-state index < -0.39 is 0 Å². The van der Waals surface area contributed by atoms with Gasteiger partial charge in [-0.05, 0) is 81.6 Å². The van der Waals surface area contributed by atoms with E-state index in [4.69, 9.17) is 9.97 Å². The molecule has 0 spiro atoms. The number of para-hydroxylation sites is 4. The fourth-order valence-corrected chi connectivity index (χ4v) is 10.0. The van der Waals surface area contributed by atoms with Crippen molar-refractivity contribution in [1.82, 2.24) is 19.1 Å². The third kappa shape index (κ3) is 6.30. The predicted octanol–water partition coefficient (Wildman–Crippen LogP) is 16.2. The third-order valence-corrected chi connectivity index (χ3v) is 13.1. The minimum Gasteiger partial charge on any atom is -0.309 e. The van der Waals surface area contributed by atoms with Crippen LogP contribution in [0.2, 0.25) is 0 Å². The van der Waals surface area contributed by atoms with Crippen molar-refractivity contribution >= 4 is 54.4 Å². The van der Waals surface area contributed by atoms with Gasteiger partial charge >= 0.3 is 0 Å². The number of hydrogen-bond donors (Lipinski definition) is 0. The summed E-state index contributed by atoms with van der Waals surface area (Å²) in [5, 5.41) is 7.43. The lowest BCUT2D eigenvalue weighted by atomic mass is 9.97. The van der Waals surface area contributed by atoms with E-state index in [0.717, 1.165) is 50.6 Å². The van der Waals surface area contributed by atoms with Gasteiger partial charge in [0.1, 0.15) is 0 Å². The van der Waals surface area contributed by atoms with E-state index in [1.54, 1.807) is 0 Å². The summed E-state index contributed by atoms with van der Waals surface area (Å²) in [7, 11) is 0. The van der Waals surface area contributed by atoms with Gasteiger partial charge in [-0.3, -0.25) is 0 Å². The molecule has 10 aromatic carbocycles. The highest BCUT2D eigenvalue weighted by Crippen LogP contribution is 2.39. The van der Waals surface area contributed by atoms with Crippen molar-refractivity contribution in [2.24, 2.45) is 0 Å². The average Bonchev–Trinajstić information content (AvgIpc) is 3.92. The molecule has 0 aliphatic carbocycles. The Kier molecular flexibility index (Phi) is 8.81. The number of rotatable bonds is 7. The van der Waals surface area contributed by atoms with E-state index in [9.17, 15) is 0 Å². The van der Waals surface area contributed by atoms with Gasteiger partial charge in [-0.15, -0.1) is 0 Å². The minimum absolute atomic E-state index is 0.694. The first-order chi connectivity index (χ1) is 32.7. The standard InChI is InChI=1S/C62H40N4/c1-2-16-46(17-3-1)62-63-56(40-57(64-62)45-35-31-43(32-36-45)51-24-14-18-42-15-4-5-19-50(42)51)44-33-29-41(30-34-44)47-37-48(65-58-25-10-6-20-52(58)53-21-7-11-26-59(53)65)39-49(38-47)66-60-27-12-8-22-54(60)55-23-9-13-28-61(55)66/h1-40H. The van der Waals surface area contributed by atoms with E-state index >= 15 is 0 Å².